The first-order valence-corrected chi connectivity index (χ1v) is 6.32. The summed E-state index contributed by atoms with van der Waals surface area (Å²) < 4.78 is 5.49. The Morgan fingerprint density at radius 3 is 2.89 bits per heavy atom. The predicted octanol–water partition coefficient (Wildman–Crippen LogP) is 1.56. The lowest BCUT2D eigenvalue weighted by molar-refractivity contribution is 0.0429. The van der Waals surface area contributed by atoms with Gasteiger partial charge in [-0.05, 0) is 31.4 Å². The minimum absolute atomic E-state index is 0.0805. The summed E-state index contributed by atoms with van der Waals surface area (Å²) in [5, 5.41) is 12.6. The van der Waals surface area contributed by atoms with Crippen molar-refractivity contribution in [3.8, 4) is 18.1 Å². The van der Waals surface area contributed by atoms with Gasteiger partial charge in [-0.25, -0.2) is 0 Å². The van der Waals surface area contributed by atoms with Crippen LogP contribution in [-0.4, -0.2) is 24.4 Å². The molecule has 3 heteroatoms. The largest absolute Gasteiger partial charge is 0.481 e. The Balaban J connectivity index is 1.79. The van der Waals surface area contributed by atoms with Crippen molar-refractivity contribution >= 4 is 0 Å². The standard InChI is InChI=1S/C15H19NO2/c1-2-7-18-15-6-4-3-5-13(15)11-16-10-12-8-14(17)9-12/h1,3-6,12,14,16-17H,7-11H2. The molecule has 96 valence electrons. The second kappa shape index (κ2) is 6.44. The number of hydrogen-bond acceptors (Lipinski definition) is 3. The Kier molecular flexibility index (Phi) is 4.63. The number of ether oxygens (including phenoxy) is 1. The van der Waals surface area contributed by atoms with Gasteiger partial charge in [-0.1, -0.05) is 24.1 Å². The van der Waals surface area contributed by atoms with E-state index in [-0.39, 0.29) is 6.10 Å². The Morgan fingerprint density at radius 2 is 2.17 bits per heavy atom. The third-order valence-corrected chi connectivity index (χ3v) is 3.24. The van der Waals surface area contributed by atoms with Crippen molar-refractivity contribution in [2.75, 3.05) is 13.2 Å². The van der Waals surface area contributed by atoms with E-state index >= 15 is 0 Å². The SMILES string of the molecule is C#CCOc1ccccc1CNCC1CC(O)C1. The highest BCUT2D eigenvalue weighted by molar-refractivity contribution is 5.33. The molecule has 3 nitrogen and oxygen atoms in total. The van der Waals surface area contributed by atoms with E-state index in [1.807, 2.05) is 24.3 Å². The fourth-order valence-corrected chi connectivity index (χ4v) is 2.19. The van der Waals surface area contributed by atoms with Crippen LogP contribution in [-0.2, 0) is 6.54 Å². The monoisotopic (exact) mass is 245 g/mol. The molecule has 2 N–H and O–H groups in total. The quantitative estimate of drug-likeness (QED) is 0.747. The molecule has 0 unspecified atom stereocenters. The lowest BCUT2D eigenvalue weighted by Crippen LogP contribution is -2.35. The van der Waals surface area contributed by atoms with E-state index in [9.17, 15) is 5.11 Å². The average Bonchev–Trinajstić information content (AvgIpc) is 2.35. The highest BCUT2D eigenvalue weighted by Crippen LogP contribution is 2.26. The van der Waals surface area contributed by atoms with E-state index in [2.05, 4.69) is 11.2 Å². The fourth-order valence-electron chi connectivity index (χ4n) is 2.19. The number of hydrogen-bond donors (Lipinski definition) is 2. The fraction of sp³-hybridized carbons (Fsp3) is 0.467. The number of para-hydroxylation sites is 1. The number of terminal acetylenes is 1. The minimum Gasteiger partial charge on any atom is -0.481 e. The smallest absolute Gasteiger partial charge is 0.148 e. The summed E-state index contributed by atoms with van der Waals surface area (Å²) >= 11 is 0. The molecule has 1 aromatic carbocycles. The van der Waals surface area contributed by atoms with Gasteiger partial charge < -0.3 is 15.2 Å². The van der Waals surface area contributed by atoms with Crippen molar-refractivity contribution in [2.45, 2.75) is 25.5 Å². The van der Waals surface area contributed by atoms with Crippen LogP contribution in [0.1, 0.15) is 18.4 Å². The van der Waals surface area contributed by atoms with Crippen LogP contribution >= 0.6 is 0 Å². The summed E-state index contributed by atoms with van der Waals surface area (Å²) in [6, 6.07) is 7.90. The molecule has 1 aliphatic carbocycles. The first-order valence-electron chi connectivity index (χ1n) is 6.32. The van der Waals surface area contributed by atoms with Crippen LogP contribution in [0.25, 0.3) is 0 Å². The first kappa shape index (κ1) is 12.9. The first-order chi connectivity index (χ1) is 8.79. The average molecular weight is 245 g/mol. The Hall–Kier alpha value is -1.50. The highest BCUT2D eigenvalue weighted by atomic mass is 16.5. The third-order valence-electron chi connectivity index (χ3n) is 3.24. The molecule has 0 saturated heterocycles. The number of aliphatic hydroxyl groups excluding tert-OH is 1. The summed E-state index contributed by atoms with van der Waals surface area (Å²) in [6.07, 6.45) is 6.95. The Morgan fingerprint density at radius 1 is 1.39 bits per heavy atom. The molecule has 0 aliphatic heterocycles. The van der Waals surface area contributed by atoms with E-state index in [1.165, 1.54) is 0 Å². The maximum absolute atomic E-state index is 9.21. The lowest BCUT2D eigenvalue weighted by atomic mass is 9.82. The molecular formula is C15H19NO2. The van der Waals surface area contributed by atoms with Gasteiger partial charge in [0, 0.05) is 12.1 Å². The van der Waals surface area contributed by atoms with Gasteiger partial charge in [-0.2, -0.15) is 0 Å². The molecule has 0 bridgehead atoms. The van der Waals surface area contributed by atoms with Gasteiger partial charge in [0.25, 0.3) is 0 Å². The zero-order valence-electron chi connectivity index (χ0n) is 10.4. The maximum atomic E-state index is 9.21. The van der Waals surface area contributed by atoms with Crippen molar-refractivity contribution in [1.29, 1.82) is 0 Å². The van der Waals surface area contributed by atoms with Crippen LogP contribution in [0, 0.1) is 18.3 Å². The summed E-state index contributed by atoms with van der Waals surface area (Å²) in [6.45, 7) is 2.01. The summed E-state index contributed by atoms with van der Waals surface area (Å²) in [7, 11) is 0. The van der Waals surface area contributed by atoms with Crippen LogP contribution in [0.15, 0.2) is 24.3 Å². The molecule has 0 spiro atoms. The Bertz CT molecular complexity index is 419. The number of rotatable bonds is 6. The van der Waals surface area contributed by atoms with E-state index in [1.54, 1.807) is 0 Å². The zero-order valence-corrected chi connectivity index (χ0v) is 10.4. The summed E-state index contributed by atoms with van der Waals surface area (Å²) in [5.74, 6) is 3.92. The molecule has 1 aromatic rings. The van der Waals surface area contributed by atoms with Crippen LogP contribution in [0.2, 0.25) is 0 Å². The van der Waals surface area contributed by atoms with Gasteiger partial charge in [-0.3, -0.25) is 0 Å². The lowest BCUT2D eigenvalue weighted by Gasteiger charge is -2.31. The maximum Gasteiger partial charge on any atom is 0.148 e. The van der Waals surface area contributed by atoms with Crippen molar-refractivity contribution in [2.24, 2.45) is 5.92 Å². The van der Waals surface area contributed by atoms with Crippen molar-refractivity contribution in [1.82, 2.24) is 5.32 Å². The van der Waals surface area contributed by atoms with Gasteiger partial charge in [0.2, 0.25) is 0 Å². The van der Waals surface area contributed by atoms with Gasteiger partial charge in [-0.15, -0.1) is 6.42 Å². The molecule has 0 aromatic heterocycles. The third kappa shape index (κ3) is 3.49. The molecule has 1 saturated carbocycles. The van der Waals surface area contributed by atoms with Gasteiger partial charge in [0.15, 0.2) is 0 Å². The normalized spacial score (nSPS) is 22.0. The zero-order chi connectivity index (χ0) is 12.8. The van der Waals surface area contributed by atoms with Crippen LogP contribution < -0.4 is 10.1 Å². The molecule has 18 heavy (non-hydrogen) atoms. The van der Waals surface area contributed by atoms with E-state index in [4.69, 9.17) is 11.2 Å². The second-order valence-corrected chi connectivity index (χ2v) is 4.72. The minimum atomic E-state index is -0.0805. The Labute approximate surface area is 108 Å². The van der Waals surface area contributed by atoms with Crippen molar-refractivity contribution in [3.63, 3.8) is 0 Å². The summed E-state index contributed by atoms with van der Waals surface area (Å²) in [4.78, 5) is 0. The van der Waals surface area contributed by atoms with Crippen LogP contribution in [0.5, 0.6) is 5.75 Å². The number of benzene rings is 1. The van der Waals surface area contributed by atoms with Crippen LogP contribution in [0.3, 0.4) is 0 Å². The van der Waals surface area contributed by atoms with Gasteiger partial charge in [0.1, 0.15) is 12.4 Å². The van der Waals surface area contributed by atoms with Crippen molar-refractivity contribution < 1.29 is 9.84 Å². The number of nitrogens with one attached hydrogen (secondary N) is 1. The van der Waals surface area contributed by atoms with Crippen LogP contribution in [0.4, 0.5) is 0 Å². The van der Waals surface area contributed by atoms with E-state index < -0.39 is 0 Å². The molecule has 0 atom stereocenters. The molecule has 1 aliphatic rings. The topological polar surface area (TPSA) is 41.5 Å². The second-order valence-electron chi connectivity index (χ2n) is 4.72. The molecule has 2 rings (SSSR count). The van der Waals surface area contributed by atoms with E-state index in [0.29, 0.717) is 12.5 Å². The molecule has 1 fully saturated rings. The predicted molar refractivity (Wildman–Crippen MR) is 71.2 cm³/mol. The van der Waals surface area contributed by atoms with Gasteiger partial charge >= 0.3 is 0 Å². The molecule has 0 heterocycles. The van der Waals surface area contributed by atoms with Crippen molar-refractivity contribution in [3.05, 3.63) is 29.8 Å². The molecular weight excluding hydrogens is 226 g/mol. The number of aliphatic hydroxyl groups is 1. The van der Waals surface area contributed by atoms with E-state index in [0.717, 1.165) is 37.2 Å². The highest BCUT2D eigenvalue weighted by Gasteiger charge is 2.26. The van der Waals surface area contributed by atoms with Gasteiger partial charge in [0.05, 0.1) is 6.10 Å². The molecule has 0 amide bonds. The summed E-state index contributed by atoms with van der Waals surface area (Å²) in [5.41, 5.74) is 1.12. The molecule has 0 radical (unpaired) electrons.